The molecular formula is C7H12N2O. The monoisotopic (exact) mass is 140 g/mol. The Labute approximate surface area is 60.4 Å². The molecule has 2 fully saturated rings. The molecule has 1 aliphatic heterocycles. The molecule has 0 aromatic rings. The lowest BCUT2D eigenvalue weighted by molar-refractivity contribution is 0.158. The van der Waals surface area contributed by atoms with Crippen molar-refractivity contribution in [1.29, 1.82) is 0 Å². The minimum absolute atomic E-state index is 0.734. The highest BCUT2D eigenvalue weighted by atomic mass is 16.5. The standard InChI is InChI=1S/C7H12N2O/c1-2-6(1)3-8-9-7-4-10-5-7/h6,8H,1-5H2. The van der Waals surface area contributed by atoms with E-state index in [1.54, 1.807) is 0 Å². The van der Waals surface area contributed by atoms with Gasteiger partial charge in [0.2, 0.25) is 0 Å². The smallest absolute Gasteiger partial charge is 0.0895 e. The highest BCUT2D eigenvalue weighted by molar-refractivity contribution is 5.90. The van der Waals surface area contributed by atoms with Gasteiger partial charge in [0.15, 0.2) is 0 Å². The average Bonchev–Trinajstić information content (AvgIpc) is 2.58. The van der Waals surface area contributed by atoms with Crippen LogP contribution in [0.2, 0.25) is 0 Å². The summed E-state index contributed by atoms with van der Waals surface area (Å²) in [5.74, 6) is 0.908. The molecule has 0 bridgehead atoms. The van der Waals surface area contributed by atoms with E-state index in [1.807, 2.05) is 0 Å². The van der Waals surface area contributed by atoms with E-state index in [2.05, 4.69) is 10.5 Å². The number of nitrogens with one attached hydrogen (secondary N) is 1. The fourth-order valence-corrected chi connectivity index (χ4v) is 0.866. The Kier molecular flexibility index (Phi) is 1.59. The van der Waals surface area contributed by atoms with E-state index in [0.29, 0.717) is 0 Å². The summed E-state index contributed by atoms with van der Waals surface area (Å²) in [6.45, 7) is 2.53. The summed E-state index contributed by atoms with van der Waals surface area (Å²) in [6.07, 6.45) is 2.77. The summed E-state index contributed by atoms with van der Waals surface area (Å²) in [7, 11) is 0. The van der Waals surface area contributed by atoms with E-state index in [9.17, 15) is 0 Å². The van der Waals surface area contributed by atoms with Crippen molar-refractivity contribution in [2.45, 2.75) is 12.8 Å². The summed E-state index contributed by atoms with van der Waals surface area (Å²) in [5, 5.41) is 4.15. The summed E-state index contributed by atoms with van der Waals surface area (Å²) >= 11 is 0. The first-order chi connectivity index (χ1) is 4.95. The van der Waals surface area contributed by atoms with Gasteiger partial charge >= 0.3 is 0 Å². The Hall–Kier alpha value is -0.570. The van der Waals surface area contributed by atoms with Crippen molar-refractivity contribution < 1.29 is 4.74 Å². The normalized spacial score (nSPS) is 23.8. The maximum absolute atomic E-state index is 4.94. The van der Waals surface area contributed by atoms with E-state index in [1.165, 1.54) is 12.8 Å². The van der Waals surface area contributed by atoms with Crippen LogP contribution in [0.1, 0.15) is 12.8 Å². The molecule has 0 amide bonds. The quantitative estimate of drug-likeness (QED) is 0.575. The van der Waals surface area contributed by atoms with Crippen LogP contribution in [-0.2, 0) is 4.74 Å². The molecule has 0 radical (unpaired) electrons. The van der Waals surface area contributed by atoms with E-state index < -0.39 is 0 Å². The molecule has 0 atom stereocenters. The van der Waals surface area contributed by atoms with Crippen LogP contribution in [0.25, 0.3) is 0 Å². The molecule has 2 rings (SSSR count). The van der Waals surface area contributed by atoms with Gasteiger partial charge in [-0.2, -0.15) is 5.10 Å². The zero-order valence-electron chi connectivity index (χ0n) is 5.97. The summed E-state index contributed by atoms with van der Waals surface area (Å²) in [4.78, 5) is 0. The van der Waals surface area contributed by atoms with Crippen molar-refractivity contribution >= 4 is 5.71 Å². The van der Waals surface area contributed by atoms with Crippen molar-refractivity contribution in [3.63, 3.8) is 0 Å². The second-order valence-corrected chi connectivity index (χ2v) is 2.98. The summed E-state index contributed by atoms with van der Waals surface area (Å²) < 4.78 is 4.94. The number of hydrogen-bond acceptors (Lipinski definition) is 3. The molecule has 1 heterocycles. The van der Waals surface area contributed by atoms with Crippen LogP contribution >= 0.6 is 0 Å². The second kappa shape index (κ2) is 2.58. The van der Waals surface area contributed by atoms with Gasteiger partial charge in [-0.15, -0.1) is 0 Å². The van der Waals surface area contributed by atoms with Crippen molar-refractivity contribution in [2.75, 3.05) is 19.8 Å². The van der Waals surface area contributed by atoms with Gasteiger partial charge in [-0.3, -0.25) is 0 Å². The number of ether oxygens (including phenoxy) is 1. The third-order valence-corrected chi connectivity index (χ3v) is 1.85. The minimum Gasteiger partial charge on any atom is -0.369 e. The number of rotatable bonds is 3. The van der Waals surface area contributed by atoms with Gasteiger partial charge in [0.25, 0.3) is 0 Å². The van der Waals surface area contributed by atoms with Gasteiger partial charge in [0.1, 0.15) is 0 Å². The average molecular weight is 140 g/mol. The molecule has 0 unspecified atom stereocenters. The molecule has 1 saturated heterocycles. The molecule has 10 heavy (non-hydrogen) atoms. The predicted molar refractivity (Wildman–Crippen MR) is 39.0 cm³/mol. The fraction of sp³-hybridized carbons (Fsp3) is 0.857. The van der Waals surface area contributed by atoms with Crippen LogP contribution in [-0.4, -0.2) is 25.5 Å². The molecule has 56 valence electrons. The predicted octanol–water partition coefficient (Wildman–Crippen LogP) is 0.372. The minimum atomic E-state index is 0.734. The Morgan fingerprint density at radius 1 is 1.50 bits per heavy atom. The molecule has 2 aliphatic rings. The zero-order valence-corrected chi connectivity index (χ0v) is 5.97. The summed E-state index contributed by atoms with van der Waals surface area (Å²) in [5.41, 5.74) is 4.21. The first-order valence-electron chi connectivity index (χ1n) is 3.81. The van der Waals surface area contributed by atoms with Crippen LogP contribution in [0.15, 0.2) is 5.10 Å². The Bertz CT molecular complexity index is 146. The number of hydrogen-bond donors (Lipinski definition) is 1. The first-order valence-corrected chi connectivity index (χ1v) is 3.81. The maximum Gasteiger partial charge on any atom is 0.0895 e. The maximum atomic E-state index is 4.94. The Morgan fingerprint density at radius 2 is 2.30 bits per heavy atom. The van der Waals surface area contributed by atoms with Gasteiger partial charge in [0.05, 0.1) is 18.9 Å². The van der Waals surface area contributed by atoms with Crippen LogP contribution in [0.4, 0.5) is 0 Å². The third-order valence-electron chi connectivity index (χ3n) is 1.85. The SMILES string of the molecule is C1OCC1=NNCC1CC1. The lowest BCUT2D eigenvalue weighted by Gasteiger charge is -2.15. The Balaban J connectivity index is 1.61. The van der Waals surface area contributed by atoms with Crippen molar-refractivity contribution in [3.8, 4) is 0 Å². The summed E-state index contributed by atoms with van der Waals surface area (Å²) in [6, 6.07) is 0. The molecule has 1 saturated carbocycles. The molecule has 1 aliphatic carbocycles. The molecular weight excluding hydrogens is 128 g/mol. The first kappa shape index (κ1) is 6.16. The molecule has 3 nitrogen and oxygen atoms in total. The van der Waals surface area contributed by atoms with E-state index in [0.717, 1.165) is 31.4 Å². The second-order valence-electron chi connectivity index (χ2n) is 2.98. The van der Waals surface area contributed by atoms with Crippen LogP contribution in [0.3, 0.4) is 0 Å². The van der Waals surface area contributed by atoms with Gasteiger partial charge in [-0.25, -0.2) is 0 Å². The zero-order chi connectivity index (χ0) is 6.81. The van der Waals surface area contributed by atoms with Gasteiger partial charge in [0, 0.05) is 6.54 Å². The highest BCUT2D eigenvalue weighted by Gasteiger charge is 2.20. The van der Waals surface area contributed by atoms with E-state index in [-0.39, 0.29) is 0 Å². The van der Waals surface area contributed by atoms with Crippen LogP contribution in [0.5, 0.6) is 0 Å². The van der Waals surface area contributed by atoms with Gasteiger partial charge in [-0.05, 0) is 18.8 Å². The number of hydrazone groups is 1. The third kappa shape index (κ3) is 1.48. The lowest BCUT2D eigenvalue weighted by atomic mass is 10.3. The molecule has 1 N–H and O–H groups in total. The molecule has 0 aromatic heterocycles. The molecule has 0 spiro atoms. The van der Waals surface area contributed by atoms with Crippen molar-refractivity contribution in [1.82, 2.24) is 5.43 Å². The Morgan fingerprint density at radius 3 is 2.80 bits per heavy atom. The molecule has 0 aromatic carbocycles. The highest BCUT2D eigenvalue weighted by Crippen LogP contribution is 2.27. The topological polar surface area (TPSA) is 33.6 Å². The largest absolute Gasteiger partial charge is 0.369 e. The van der Waals surface area contributed by atoms with Crippen LogP contribution < -0.4 is 5.43 Å². The van der Waals surface area contributed by atoms with E-state index in [4.69, 9.17) is 4.74 Å². The lowest BCUT2D eigenvalue weighted by Crippen LogP contribution is -2.30. The van der Waals surface area contributed by atoms with Crippen molar-refractivity contribution in [3.05, 3.63) is 0 Å². The molecule has 3 heteroatoms. The number of nitrogens with zero attached hydrogens (tertiary/aromatic N) is 1. The van der Waals surface area contributed by atoms with Gasteiger partial charge in [-0.1, -0.05) is 0 Å². The van der Waals surface area contributed by atoms with Crippen LogP contribution in [0, 0.1) is 5.92 Å². The fourth-order valence-electron chi connectivity index (χ4n) is 0.866. The van der Waals surface area contributed by atoms with Crippen molar-refractivity contribution in [2.24, 2.45) is 11.0 Å². The van der Waals surface area contributed by atoms with E-state index >= 15 is 0 Å². The van der Waals surface area contributed by atoms with Gasteiger partial charge < -0.3 is 10.2 Å².